The molecule has 16 aromatic rings. The van der Waals surface area contributed by atoms with Gasteiger partial charge in [0, 0.05) is 68.6 Å². The molecule has 16 rings (SSSR count). The van der Waals surface area contributed by atoms with E-state index in [4.69, 9.17) is 33.1 Å². The number of hydrogen-bond acceptors (Lipinski definition) is 4. The Labute approximate surface area is 538 Å². The van der Waals surface area contributed by atoms with Gasteiger partial charge >= 0.3 is 6.18 Å². The molecule has 94 heavy (non-hydrogen) atoms. The van der Waals surface area contributed by atoms with Crippen LogP contribution in [0.15, 0.2) is 298 Å². The Morgan fingerprint density at radius 2 is 0.596 bits per heavy atom. The lowest BCUT2D eigenvalue weighted by Crippen LogP contribution is -2.08. The molecule has 0 spiro atoms. The van der Waals surface area contributed by atoms with E-state index in [0.29, 0.717) is 11.4 Å². The highest BCUT2D eigenvalue weighted by Gasteiger charge is 2.36. The second-order valence-electron chi connectivity index (χ2n) is 23.1. The molecular formula is C83H49F3N8. The Kier molecular flexibility index (Phi) is 13.9. The summed E-state index contributed by atoms with van der Waals surface area (Å²) in [5.41, 5.74) is 16.9. The largest absolute Gasteiger partial charge is 0.415 e. The zero-order valence-corrected chi connectivity index (χ0v) is 50.0. The van der Waals surface area contributed by atoms with Gasteiger partial charge in [0.05, 0.1) is 74.9 Å². The highest BCUT2D eigenvalue weighted by Crippen LogP contribution is 2.50. The van der Waals surface area contributed by atoms with E-state index in [2.05, 4.69) is 116 Å². The molecule has 8 nitrogen and oxygen atoms in total. The number of rotatable bonds is 11. The van der Waals surface area contributed by atoms with Gasteiger partial charge in [0.2, 0.25) is 0 Å². The van der Waals surface area contributed by atoms with Gasteiger partial charge < -0.3 is 9.13 Å². The summed E-state index contributed by atoms with van der Waals surface area (Å²) in [6.07, 6.45) is 2.39. The summed E-state index contributed by atoms with van der Waals surface area (Å²) in [7, 11) is 0. The van der Waals surface area contributed by atoms with Crippen molar-refractivity contribution in [1.29, 1.82) is 0 Å². The monoisotopic (exact) mass is 1210 g/mol. The quantitative estimate of drug-likeness (QED) is 0.121. The fourth-order valence-electron chi connectivity index (χ4n) is 13.2. The zero-order chi connectivity index (χ0) is 63.4. The fraction of sp³-hybridized carbons (Fsp3) is 0.0120. The van der Waals surface area contributed by atoms with Gasteiger partial charge in [0.25, 0.3) is 0 Å². The van der Waals surface area contributed by atoms with Crippen LogP contribution in [-0.2, 0) is 6.18 Å². The summed E-state index contributed by atoms with van der Waals surface area (Å²) in [5, 5.41) is 3.50. The predicted octanol–water partition coefficient (Wildman–Crippen LogP) is 22.6. The van der Waals surface area contributed by atoms with E-state index in [1.54, 1.807) is 12.1 Å². The minimum atomic E-state index is -4.88. The van der Waals surface area contributed by atoms with Gasteiger partial charge in [-0.05, 0) is 165 Å². The number of fused-ring (bicyclic) bond motifs is 6. The van der Waals surface area contributed by atoms with E-state index in [0.717, 1.165) is 139 Å². The molecule has 0 atom stereocenters. The van der Waals surface area contributed by atoms with Crippen molar-refractivity contribution < 1.29 is 13.2 Å². The van der Waals surface area contributed by atoms with Gasteiger partial charge in [-0.25, -0.2) is 9.69 Å². The highest BCUT2D eigenvalue weighted by molar-refractivity contribution is 6.15. The number of nitrogens with zero attached hydrogens (tertiary/aromatic N) is 8. The first kappa shape index (κ1) is 56.4. The fourth-order valence-corrected chi connectivity index (χ4v) is 13.2. The molecule has 0 fully saturated rings. The maximum atomic E-state index is 15.6. The van der Waals surface area contributed by atoms with Crippen molar-refractivity contribution >= 4 is 55.0 Å². The summed E-state index contributed by atoms with van der Waals surface area (Å²) in [6, 6.07) is 88.8. The molecule has 6 aromatic heterocycles. The van der Waals surface area contributed by atoms with Gasteiger partial charge in [-0.1, -0.05) is 164 Å². The summed E-state index contributed by atoms with van der Waals surface area (Å²) in [5.74, 6) is 0. The molecule has 0 aliphatic heterocycles. The Hall–Kier alpha value is -12.8. The number of halogens is 3. The SMILES string of the molecule is [C-]#[N+]c1cc(-n2c3ccc(-c4ccnc(-c5ccccc5)c4)cc3c3cc(-c4ccnc(-c5ccccc5)c4)ccc32)c(-n2c3ccc(-c4ccnc(-c5ccccc5)c4)cc3c3cc(-c4ccnc(-c5ccccc5)c4)ccc32)cc1-c1c([N+]#[C-])cccc1C(F)(F)F. The van der Waals surface area contributed by atoms with Crippen LogP contribution in [0.25, 0.3) is 165 Å². The summed E-state index contributed by atoms with van der Waals surface area (Å²) >= 11 is 0. The van der Waals surface area contributed by atoms with Crippen LogP contribution in [0.1, 0.15) is 5.56 Å². The van der Waals surface area contributed by atoms with Crippen molar-refractivity contribution in [2.45, 2.75) is 6.18 Å². The third-order valence-electron chi connectivity index (χ3n) is 17.6. The van der Waals surface area contributed by atoms with E-state index in [-0.39, 0.29) is 22.5 Å². The van der Waals surface area contributed by atoms with Crippen molar-refractivity contribution in [2.75, 3.05) is 0 Å². The topological polar surface area (TPSA) is 70.1 Å². The van der Waals surface area contributed by atoms with E-state index < -0.39 is 11.7 Å². The molecule has 6 heterocycles. The zero-order valence-electron chi connectivity index (χ0n) is 50.0. The minimum absolute atomic E-state index is 0.0319. The first-order chi connectivity index (χ1) is 46.1. The number of benzene rings is 10. The second-order valence-corrected chi connectivity index (χ2v) is 23.1. The molecular weight excluding hydrogens is 1170 g/mol. The van der Waals surface area contributed by atoms with Crippen LogP contribution in [0.2, 0.25) is 0 Å². The molecule has 0 unspecified atom stereocenters. The van der Waals surface area contributed by atoms with Gasteiger partial charge in [-0.3, -0.25) is 19.9 Å². The number of aromatic nitrogens is 6. The first-order valence-electron chi connectivity index (χ1n) is 30.5. The Balaban J connectivity index is 0.995. The van der Waals surface area contributed by atoms with E-state index in [1.165, 1.54) is 12.1 Å². The first-order valence-corrected chi connectivity index (χ1v) is 30.5. The number of hydrogen-bond donors (Lipinski definition) is 0. The van der Waals surface area contributed by atoms with Crippen molar-refractivity contribution in [3.63, 3.8) is 0 Å². The molecule has 11 heteroatoms. The highest BCUT2D eigenvalue weighted by atomic mass is 19.4. The van der Waals surface area contributed by atoms with Crippen LogP contribution in [-0.4, -0.2) is 29.1 Å². The van der Waals surface area contributed by atoms with Crippen LogP contribution < -0.4 is 0 Å². The lowest BCUT2D eigenvalue weighted by atomic mass is 9.94. The average Bonchev–Trinajstić information content (AvgIpc) is 1.53. The average molecular weight is 1220 g/mol. The van der Waals surface area contributed by atoms with Crippen molar-refractivity contribution in [2.24, 2.45) is 0 Å². The maximum absolute atomic E-state index is 15.6. The standard InChI is InChI=1S/C83H49F3N8/c1-87-70-25-15-24-69(83(84,85)86)82(70)68-50-80(93-76-30-26-56(60-34-38-89-71(46-60)52-16-7-3-8-17-52)42-64(76)65-43-57(27-31-77(65)93)61-35-39-90-72(47-61)53-18-9-4-10-19-53)81(51-75(68)88-2)94-78-32-28-58(62-36-40-91-73(48-62)54-20-11-5-12-21-54)44-66(78)67-45-59(29-33-79(67)94)63-37-41-92-74(49-63)55-22-13-6-14-23-55/h3-51H. The normalized spacial score (nSPS) is 11.5. The molecule has 0 aliphatic carbocycles. The van der Waals surface area contributed by atoms with Gasteiger partial charge in [-0.2, -0.15) is 13.2 Å². The molecule has 0 N–H and O–H groups in total. The maximum Gasteiger partial charge on any atom is 0.415 e. The lowest BCUT2D eigenvalue weighted by molar-refractivity contribution is -0.137. The second kappa shape index (κ2) is 23.2. The van der Waals surface area contributed by atoms with Crippen molar-refractivity contribution in [3.05, 3.63) is 326 Å². The molecule has 0 aliphatic rings. The third-order valence-corrected chi connectivity index (χ3v) is 17.6. The number of alkyl halides is 3. The van der Waals surface area contributed by atoms with Gasteiger partial charge in [0.1, 0.15) is 0 Å². The van der Waals surface area contributed by atoms with E-state index >= 15 is 13.2 Å². The summed E-state index contributed by atoms with van der Waals surface area (Å²) in [4.78, 5) is 26.9. The third kappa shape index (κ3) is 10.1. The van der Waals surface area contributed by atoms with Gasteiger partial charge in [-0.15, -0.1) is 0 Å². The van der Waals surface area contributed by atoms with Crippen LogP contribution in [0.3, 0.4) is 0 Å². The molecule has 0 amide bonds. The Bertz CT molecular complexity index is 5470. The van der Waals surface area contributed by atoms with Crippen molar-refractivity contribution in [1.82, 2.24) is 29.1 Å². The van der Waals surface area contributed by atoms with Gasteiger partial charge in [0.15, 0.2) is 11.4 Å². The Morgan fingerprint density at radius 1 is 0.287 bits per heavy atom. The Morgan fingerprint density at radius 3 is 0.904 bits per heavy atom. The molecule has 0 saturated heterocycles. The predicted molar refractivity (Wildman–Crippen MR) is 373 cm³/mol. The van der Waals surface area contributed by atoms with Crippen LogP contribution in [0.5, 0.6) is 0 Å². The molecule has 0 saturated carbocycles. The van der Waals surface area contributed by atoms with Crippen molar-refractivity contribution in [3.8, 4) is 112 Å². The van der Waals surface area contributed by atoms with Crippen LogP contribution in [0, 0.1) is 13.1 Å². The van der Waals surface area contributed by atoms with Crippen LogP contribution in [0.4, 0.5) is 24.5 Å². The lowest BCUT2D eigenvalue weighted by Gasteiger charge is -2.22. The van der Waals surface area contributed by atoms with Crippen LogP contribution >= 0.6 is 0 Å². The summed E-state index contributed by atoms with van der Waals surface area (Å²) < 4.78 is 51.2. The molecule has 10 aromatic carbocycles. The number of pyridine rings is 4. The molecule has 442 valence electrons. The van der Waals surface area contributed by atoms with E-state index in [9.17, 15) is 0 Å². The smallest absolute Gasteiger partial charge is 0.308 e. The van der Waals surface area contributed by atoms with E-state index in [1.807, 2.05) is 170 Å². The molecule has 0 radical (unpaired) electrons. The summed E-state index contributed by atoms with van der Waals surface area (Å²) in [6.45, 7) is 17.3. The molecule has 0 bridgehead atoms. The minimum Gasteiger partial charge on any atom is -0.308 e.